The highest BCUT2D eigenvalue weighted by Crippen LogP contribution is 2.15. The summed E-state index contributed by atoms with van der Waals surface area (Å²) in [6.45, 7) is 0. The fourth-order valence-electron chi connectivity index (χ4n) is 1.39. The molecule has 1 aromatic carbocycles. The summed E-state index contributed by atoms with van der Waals surface area (Å²) in [5, 5.41) is 2.29. The number of hydrogen-bond acceptors (Lipinski definition) is 4. The number of nitrogens with zero attached hydrogens (tertiary/aromatic N) is 2. The first-order chi connectivity index (χ1) is 9.11. The molecular weight excluding hydrogens is 256 g/mol. The van der Waals surface area contributed by atoms with E-state index in [1.54, 1.807) is 0 Å². The molecule has 0 aliphatic heterocycles. The number of aromatic nitrogens is 2. The topological polar surface area (TPSA) is 64.1 Å². The van der Waals surface area contributed by atoms with Crippen LogP contribution in [0.3, 0.4) is 0 Å². The Labute approximate surface area is 107 Å². The Hall–Kier alpha value is -2.57. The summed E-state index contributed by atoms with van der Waals surface area (Å²) in [4.78, 5) is 19.2. The molecule has 0 aliphatic carbocycles. The maximum atomic E-state index is 13.4. The van der Waals surface area contributed by atoms with E-state index in [-0.39, 0.29) is 11.7 Å². The van der Waals surface area contributed by atoms with Crippen molar-refractivity contribution >= 4 is 11.6 Å². The fraction of sp³-hybridized carbons (Fsp3) is 0.0833. The summed E-state index contributed by atoms with van der Waals surface area (Å²) >= 11 is 0. The van der Waals surface area contributed by atoms with Crippen molar-refractivity contribution in [2.24, 2.45) is 0 Å². The zero-order chi connectivity index (χ0) is 13.8. The molecule has 2 rings (SSSR count). The van der Waals surface area contributed by atoms with Gasteiger partial charge in [-0.3, -0.25) is 4.79 Å². The maximum absolute atomic E-state index is 13.4. The van der Waals surface area contributed by atoms with Crippen LogP contribution in [-0.4, -0.2) is 23.0 Å². The molecule has 7 heteroatoms. The van der Waals surface area contributed by atoms with Gasteiger partial charge in [-0.05, 0) is 12.1 Å². The summed E-state index contributed by atoms with van der Waals surface area (Å²) in [6, 6.07) is 3.30. The van der Waals surface area contributed by atoms with Gasteiger partial charge in [-0.15, -0.1) is 0 Å². The highest BCUT2D eigenvalue weighted by atomic mass is 19.1. The molecule has 1 amide bonds. The first kappa shape index (κ1) is 12.9. The average Bonchev–Trinajstić information content (AvgIpc) is 2.39. The molecule has 1 aromatic heterocycles. The van der Waals surface area contributed by atoms with Gasteiger partial charge in [0.25, 0.3) is 5.91 Å². The molecule has 1 N–H and O–H groups in total. The number of halogens is 2. The quantitative estimate of drug-likeness (QED) is 0.922. The lowest BCUT2D eigenvalue weighted by atomic mass is 10.2. The molecular formula is C12H9F2N3O2. The Morgan fingerprint density at radius 3 is 2.32 bits per heavy atom. The molecule has 0 aliphatic rings. The van der Waals surface area contributed by atoms with Crippen LogP contribution in [0.25, 0.3) is 0 Å². The van der Waals surface area contributed by atoms with E-state index in [9.17, 15) is 13.6 Å². The van der Waals surface area contributed by atoms with E-state index in [0.717, 1.165) is 12.1 Å². The van der Waals surface area contributed by atoms with Gasteiger partial charge in [0.05, 0.1) is 25.2 Å². The highest BCUT2D eigenvalue weighted by molar-refractivity contribution is 6.04. The predicted octanol–water partition coefficient (Wildman–Crippen LogP) is 2.02. The second-order valence-electron chi connectivity index (χ2n) is 3.51. The van der Waals surface area contributed by atoms with Crippen molar-refractivity contribution in [3.8, 4) is 6.01 Å². The number of rotatable bonds is 3. The van der Waals surface area contributed by atoms with Gasteiger partial charge in [-0.1, -0.05) is 6.07 Å². The Bertz CT molecular complexity index is 582. The number of carbonyl (C=O) groups is 1. The number of hydrogen-bond donors (Lipinski definition) is 1. The summed E-state index contributed by atoms with van der Waals surface area (Å²) in [5.41, 5.74) is -0.452. The fourth-order valence-corrected chi connectivity index (χ4v) is 1.39. The van der Waals surface area contributed by atoms with Gasteiger partial charge in [-0.2, -0.15) is 0 Å². The van der Waals surface area contributed by atoms with E-state index in [4.69, 9.17) is 4.74 Å². The van der Waals surface area contributed by atoms with Crippen molar-refractivity contribution in [2.75, 3.05) is 12.4 Å². The van der Waals surface area contributed by atoms with Crippen molar-refractivity contribution in [3.05, 3.63) is 47.8 Å². The van der Waals surface area contributed by atoms with Crippen LogP contribution in [0.2, 0.25) is 0 Å². The van der Waals surface area contributed by atoms with Gasteiger partial charge < -0.3 is 10.1 Å². The molecule has 98 valence electrons. The van der Waals surface area contributed by atoms with Gasteiger partial charge in [0.15, 0.2) is 0 Å². The third kappa shape index (κ3) is 2.82. The maximum Gasteiger partial charge on any atom is 0.316 e. The molecule has 0 saturated carbocycles. The Morgan fingerprint density at radius 1 is 1.21 bits per heavy atom. The van der Waals surface area contributed by atoms with Crippen molar-refractivity contribution in [2.45, 2.75) is 0 Å². The van der Waals surface area contributed by atoms with Crippen LogP contribution < -0.4 is 10.1 Å². The smallest absolute Gasteiger partial charge is 0.316 e. The van der Waals surface area contributed by atoms with E-state index in [1.807, 2.05) is 0 Å². The standard InChI is InChI=1S/C12H9F2N3O2/c1-19-12-15-5-7(6-16-12)17-11(18)10-8(13)3-2-4-9(10)14/h2-6H,1H3,(H,17,18). The minimum absolute atomic E-state index is 0.120. The molecule has 19 heavy (non-hydrogen) atoms. The minimum atomic E-state index is -0.938. The third-order valence-electron chi connectivity index (χ3n) is 2.26. The number of amides is 1. The molecule has 0 radical (unpaired) electrons. The molecule has 5 nitrogen and oxygen atoms in total. The third-order valence-corrected chi connectivity index (χ3v) is 2.26. The normalized spacial score (nSPS) is 10.1. The summed E-state index contributed by atoms with van der Waals surface area (Å²) in [6.07, 6.45) is 2.53. The Morgan fingerprint density at radius 2 is 1.79 bits per heavy atom. The van der Waals surface area contributed by atoms with Crippen LogP contribution >= 0.6 is 0 Å². The summed E-state index contributed by atoms with van der Waals surface area (Å²) < 4.78 is 31.5. The van der Waals surface area contributed by atoms with Crippen molar-refractivity contribution in [1.82, 2.24) is 9.97 Å². The first-order valence-electron chi connectivity index (χ1n) is 5.23. The van der Waals surface area contributed by atoms with E-state index < -0.39 is 23.1 Å². The molecule has 0 unspecified atom stereocenters. The zero-order valence-electron chi connectivity index (χ0n) is 9.85. The number of nitrogens with one attached hydrogen (secondary N) is 1. The molecule has 0 saturated heterocycles. The summed E-state index contributed by atoms with van der Waals surface area (Å²) in [7, 11) is 1.39. The van der Waals surface area contributed by atoms with Crippen molar-refractivity contribution in [1.29, 1.82) is 0 Å². The van der Waals surface area contributed by atoms with E-state index >= 15 is 0 Å². The lowest BCUT2D eigenvalue weighted by molar-refractivity contribution is 0.101. The predicted molar refractivity (Wildman–Crippen MR) is 62.9 cm³/mol. The van der Waals surface area contributed by atoms with Crippen LogP contribution in [0.4, 0.5) is 14.5 Å². The lowest BCUT2D eigenvalue weighted by Gasteiger charge is -2.06. The largest absolute Gasteiger partial charge is 0.467 e. The number of methoxy groups -OCH3 is 1. The Kier molecular flexibility index (Phi) is 3.65. The van der Waals surface area contributed by atoms with E-state index in [0.29, 0.717) is 0 Å². The van der Waals surface area contributed by atoms with Gasteiger partial charge in [0.1, 0.15) is 17.2 Å². The molecule has 2 aromatic rings. The molecule has 0 atom stereocenters. The lowest BCUT2D eigenvalue weighted by Crippen LogP contribution is -2.16. The molecule has 0 bridgehead atoms. The van der Waals surface area contributed by atoms with Crippen molar-refractivity contribution < 1.29 is 18.3 Å². The van der Waals surface area contributed by atoms with Gasteiger partial charge in [0.2, 0.25) is 0 Å². The van der Waals surface area contributed by atoms with E-state index in [2.05, 4.69) is 15.3 Å². The van der Waals surface area contributed by atoms with Crippen molar-refractivity contribution in [3.63, 3.8) is 0 Å². The van der Waals surface area contributed by atoms with Gasteiger partial charge in [0, 0.05) is 0 Å². The van der Waals surface area contributed by atoms with Crippen LogP contribution in [0.1, 0.15) is 10.4 Å². The SMILES string of the molecule is COc1ncc(NC(=O)c2c(F)cccc2F)cn1. The highest BCUT2D eigenvalue weighted by Gasteiger charge is 2.17. The zero-order valence-corrected chi connectivity index (χ0v) is 9.85. The second-order valence-corrected chi connectivity index (χ2v) is 3.51. The number of ether oxygens (including phenoxy) is 1. The van der Waals surface area contributed by atoms with Gasteiger partial charge >= 0.3 is 6.01 Å². The number of benzene rings is 1. The monoisotopic (exact) mass is 265 g/mol. The van der Waals surface area contributed by atoms with Gasteiger partial charge in [-0.25, -0.2) is 18.7 Å². The van der Waals surface area contributed by atoms with Crippen LogP contribution in [0.15, 0.2) is 30.6 Å². The van der Waals surface area contributed by atoms with E-state index in [1.165, 1.54) is 25.6 Å². The van der Waals surface area contributed by atoms with Crippen LogP contribution in [-0.2, 0) is 0 Å². The molecule has 1 heterocycles. The summed E-state index contributed by atoms with van der Waals surface area (Å²) in [5.74, 6) is -2.79. The van der Waals surface area contributed by atoms with Crippen LogP contribution in [0, 0.1) is 11.6 Å². The second kappa shape index (κ2) is 5.38. The van der Waals surface area contributed by atoms with Crippen LogP contribution in [0.5, 0.6) is 6.01 Å². The average molecular weight is 265 g/mol. The molecule has 0 fully saturated rings. The minimum Gasteiger partial charge on any atom is -0.467 e. The Balaban J connectivity index is 2.21. The first-order valence-corrected chi connectivity index (χ1v) is 5.23. The molecule has 0 spiro atoms. The number of anilines is 1. The number of carbonyl (C=O) groups excluding carboxylic acids is 1.